The number of carbonyl (C=O) groups excluding carboxylic acids is 1. The average Bonchev–Trinajstić information content (AvgIpc) is 2.63. The van der Waals surface area contributed by atoms with E-state index >= 15 is 0 Å². The summed E-state index contributed by atoms with van der Waals surface area (Å²) in [6, 6.07) is 15.7. The number of piperazine rings is 1. The minimum Gasteiger partial charge on any atom is -0.325 e. The van der Waals surface area contributed by atoms with Crippen molar-refractivity contribution >= 4 is 33.2 Å². The zero-order chi connectivity index (χ0) is 18.6. The summed E-state index contributed by atoms with van der Waals surface area (Å²) in [6.45, 7) is 1.87. The van der Waals surface area contributed by atoms with Crippen LogP contribution in [0.25, 0.3) is 0 Å². The van der Waals surface area contributed by atoms with Crippen LogP contribution in [0, 0.1) is 0 Å². The number of benzene rings is 2. The number of halogens is 1. The predicted octanol–water partition coefficient (Wildman–Crippen LogP) is 2.29. The number of rotatable bonds is 5. The third-order valence-corrected chi connectivity index (χ3v) is 6.61. The molecule has 138 valence electrons. The third kappa shape index (κ3) is 4.42. The van der Waals surface area contributed by atoms with Crippen LogP contribution in [0.5, 0.6) is 0 Å². The molecule has 0 radical (unpaired) electrons. The van der Waals surface area contributed by atoms with E-state index < -0.39 is 10.0 Å². The summed E-state index contributed by atoms with van der Waals surface area (Å²) in [5.41, 5.74) is 0.748. The molecule has 26 heavy (non-hydrogen) atoms. The summed E-state index contributed by atoms with van der Waals surface area (Å²) in [5, 5.41) is 3.05. The molecular formula is C18H20ClN3O3S. The highest BCUT2D eigenvalue weighted by molar-refractivity contribution is 7.89. The minimum atomic E-state index is -3.62. The molecule has 0 bridgehead atoms. The maximum Gasteiger partial charge on any atom is 0.244 e. The third-order valence-electron chi connectivity index (χ3n) is 4.21. The average molecular weight is 394 g/mol. The minimum absolute atomic E-state index is 0.112. The molecule has 0 unspecified atom stereocenters. The second-order valence-electron chi connectivity index (χ2n) is 6.02. The van der Waals surface area contributed by atoms with Gasteiger partial charge in [-0.15, -0.1) is 0 Å². The Hall–Kier alpha value is -1.93. The van der Waals surface area contributed by atoms with Crippen LogP contribution in [-0.2, 0) is 14.8 Å². The van der Waals surface area contributed by atoms with Crippen LogP contribution in [0.1, 0.15) is 0 Å². The van der Waals surface area contributed by atoms with Crippen molar-refractivity contribution in [3.05, 3.63) is 59.6 Å². The van der Waals surface area contributed by atoms with Crippen molar-refractivity contribution < 1.29 is 13.2 Å². The second-order valence-corrected chi connectivity index (χ2v) is 8.34. The van der Waals surface area contributed by atoms with Gasteiger partial charge >= 0.3 is 0 Å². The molecule has 1 fully saturated rings. The first-order valence-electron chi connectivity index (χ1n) is 8.29. The number of para-hydroxylation sites is 1. The summed E-state index contributed by atoms with van der Waals surface area (Å²) in [4.78, 5) is 14.2. The molecule has 2 aromatic carbocycles. The van der Waals surface area contributed by atoms with Crippen molar-refractivity contribution in [2.24, 2.45) is 0 Å². The molecule has 3 rings (SSSR count). The fraction of sp³-hybridized carbons (Fsp3) is 0.278. The van der Waals surface area contributed by atoms with E-state index in [4.69, 9.17) is 11.6 Å². The van der Waals surface area contributed by atoms with Gasteiger partial charge in [0.1, 0.15) is 4.90 Å². The van der Waals surface area contributed by atoms with E-state index in [2.05, 4.69) is 5.32 Å². The molecule has 0 aromatic heterocycles. The quantitative estimate of drug-likeness (QED) is 0.846. The summed E-state index contributed by atoms with van der Waals surface area (Å²) in [7, 11) is -3.62. The van der Waals surface area contributed by atoms with Gasteiger partial charge < -0.3 is 5.32 Å². The SMILES string of the molecule is O=C(CN1CCN(S(=O)(=O)c2ccccc2Cl)CC1)Nc1ccccc1. The van der Waals surface area contributed by atoms with Crippen LogP contribution in [0.4, 0.5) is 5.69 Å². The molecule has 1 saturated heterocycles. The molecule has 6 nitrogen and oxygen atoms in total. The highest BCUT2D eigenvalue weighted by Gasteiger charge is 2.30. The lowest BCUT2D eigenvalue weighted by molar-refractivity contribution is -0.117. The molecule has 2 aromatic rings. The zero-order valence-corrected chi connectivity index (χ0v) is 15.7. The molecule has 1 aliphatic rings. The van der Waals surface area contributed by atoms with Crippen molar-refractivity contribution in [3.63, 3.8) is 0 Å². The van der Waals surface area contributed by atoms with E-state index in [1.54, 1.807) is 18.2 Å². The highest BCUT2D eigenvalue weighted by Crippen LogP contribution is 2.24. The van der Waals surface area contributed by atoms with E-state index in [-0.39, 0.29) is 22.4 Å². The Balaban J connectivity index is 1.56. The summed E-state index contributed by atoms with van der Waals surface area (Å²) in [5.74, 6) is -0.112. The van der Waals surface area contributed by atoms with Gasteiger partial charge in [-0.05, 0) is 24.3 Å². The second kappa shape index (κ2) is 8.18. The Morgan fingerprint density at radius 1 is 0.962 bits per heavy atom. The topological polar surface area (TPSA) is 69.7 Å². The van der Waals surface area contributed by atoms with Gasteiger partial charge in [-0.2, -0.15) is 4.31 Å². The molecule has 1 heterocycles. The molecule has 1 N–H and O–H groups in total. The van der Waals surface area contributed by atoms with Crippen molar-refractivity contribution in [1.82, 2.24) is 9.21 Å². The fourth-order valence-electron chi connectivity index (χ4n) is 2.85. The van der Waals surface area contributed by atoms with Crippen LogP contribution in [0.15, 0.2) is 59.5 Å². The molecular weight excluding hydrogens is 374 g/mol. The van der Waals surface area contributed by atoms with Gasteiger partial charge in [-0.25, -0.2) is 8.42 Å². The van der Waals surface area contributed by atoms with Crippen LogP contribution in [-0.4, -0.2) is 56.3 Å². The van der Waals surface area contributed by atoms with Gasteiger partial charge in [-0.3, -0.25) is 9.69 Å². The first-order chi connectivity index (χ1) is 12.5. The Kier molecular flexibility index (Phi) is 5.93. The number of amides is 1. The van der Waals surface area contributed by atoms with Crippen LogP contribution >= 0.6 is 11.6 Å². The predicted molar refractivity (Wildman–Crippen MR) is 102 cm³/mol. The Labute approximate surface area is 158 Å². The zero-order valence-electron chi connectivity index (χ0n) is 14.1. The van der Waals surface area contributed by atoms with Crippen LogP contribution in [0.3, 0.4) is 0 Å². The number of hydrogen-bond donors (Lipinski definition) is 1. The van der Waals surface area contributed by atoms with E-state index in [1.165, 1.54) is 10.4 Å². The molecule has 0 spiro atoms. The van der Waals surface area contributed by atoms with E-state index in [9.17, 15) is 13.2 Å². The van der Waals surface area contributed by atoms with E-state index in [0.717, 1.165) is 5.69 Å². The van der Waals surface area contributed by atoms with Crippen LogP contribution in [0.2, 0.25) is 5.02 Å². The number of sulfonamides is 1. The molecule has 1 aliphatic heterocycles. The van der Waals surface area contributed by atoms with Crippen molar-refractivity contribution in [2.75, 3.05) is 38.0 Å². The van der Waals surface area contributed by atoms with Gasteiger partial charge in [0.25, 0.3) is 0 Å². The van der Waals surface area contributed by atoms with Crippen molar-refractivity contribution in [2.45, 2.75) is 4.90 Å². The number of anilines is 1. The maximum atomic E-state index is 12.7. The number of carbonyl (C=O) groups is 1. The van der Waals surface area contributed by atoms with Gasteiger partial charge in [0.2, 0.25) is 15.9 Å². The van der Waals surface area contributed by atoms with Crippen molar-refractivity contribution in [1.29, 1.82) is 0 Å². The van der Waals surface area contributed by atoms with Crippen LogP contribution < -0.4 is 5.32 Å². The highest BCUT2D eigenvalue weighted by atomic mass is 35.5. The normalized spacial score (nSPS) is 16.3. The molecule has 0 aliphatic carbocycles. The molecule has 8 heteroatoms. The summed E-state index contributed by atoms with van der Waals surface area (Å²) in [6.07, 6.45) is 0. The van der Waals surface area contributed by atoms with Crippen molar-refractivity contribution in [3.8, 4) is 0 Å². The smallest absolute Gasteiger partial charge is 0.244 e. The van der Waals surface area contributed by atoms with E-state index in [0.29, 0.717) is 26.2 Å². The van der Waals surface area contributed by atoms with Gasteiger partial charge in [0.05, 0.1) is 11.6 Å². The maximum absolute atomic E-state index is 12.7. The molecule has 1 amide bonds. The Morgan fingerprint density at radius 3 is 2.23 bits per heavy atom. The fourth-order valence-corrected chi connectivity index (χ4v) is 4.76. The number of nitrogens with zero attached hydrogens (tertiary/aromatic N) is 2. The summed E-state index contributed by atoms with van der Waals surface area (Å²) < 4.78 is 26.9. The first kappa shape index (κ1) is 18.8. The number of hydrogen-bond acceptors (Lipinski definition) is 4. The summed E-state index contributed by atoms with van der Waals surface area (Å²) >= 11 is 6.03. The monoisotopic (exact) mass is 393 g/mol. The Morgan fingerprint density at radius 2 is 1.58 bits per heavy atom. The van der Waals surface area contributed by atoms with Gasteiger partial charge in [-0.1, -0.05) is 41.9 Å². The largest absolute Gasteiger partial charge is 0.325 e. The standard InChI is InChI=1S/C18H20ClN3O3S/c19-16-8-4-5-9-17(16)26(24,25)22-12-10-21(11-13-22)14-18(23)20-15-6-2-1-3-7-15/h1-9H,10-14H2,(H,20,23). The Bertz CT molecular complexity index is 866. The lowest BCUT2D eigenvalue weighted by Gasteiger charge is -2.33. The number of nitrogens with one attached hydrogen (secondary N) is 1. The lowest BCUT2D eigenvalue weighted by atomic mass is 10.3. The van der Waals surface area contributed by atoms with E-state index in [1.807, 2.05) is 35.2 Å². The first-order valence-corrected chi connectivity index (χ1v) is 10.1. The molecule has 0 atom stereocenters. The molecule has 0 saturated carbocycles. The van der Waals surface area contributed by atoms with Gasteiger partial charge in [0, 0.05) is 31.9 Å². The van der Waals surface area contributed by atoms with Gasteiger partial charge in [0.15, 0.2) is 0 Å². The lowest BCUT2D eigenvalue weighted by Crippen LogP contribution is -2.50.